The Morgan fingerprint density at radius 1 is 1.13 bits per heavy atom. The standard InChI is InChI=1S/C24H27FN4O2/c1-17(2)28-9-8-19-4-3-18(11-20(19)15-28)7-10-29-24(30)12-23(14-27-29)31-16-22-6-5-21(25)13-26-22/h3-6,11-14,17H,7-10,15-16H2,1-2H3. The second kappa shape index (κ2) is 9.39. The first-order valence-corrected chi connectivity index (χ1v) is 10.6. The predicted molar refractivity (Wildman–Crippen MR) is 116 cm³/mol. The first kappa shape index (κ1) is 21.2. The fourth-order valence-electron chi connectivity index (χ4n) is 3.78. The highest BCUT2D eigenvalue weighted by Crippen LogP contribution is 2.22. The minimum Gasteiger partial charge on any atom is -0.485 e. The molecule has 0 N–H and O–H groups in total. The highest BCUT2D eigenvalue weighted by atomic mass is 19.1. The molecule has 0 amide bonds. The molecule has 0 spiro atoms. The van der Waals surface area contributed by atoms with Gasteiger partial charge in [-0.1, -0.05) is 18.2 Å². The fraction of sp³-hybridized carbons (Fsp3) is 0.375. The summed E-state index contributed by atoms with van der Waals surface area (Å²) in [5, 5.41) is 4.23. The van der Waals surface area contributed by atoms with Crippen LogP contribution in [0, 0.1) is 5.82 Å². The number of hydrogen-bond acceptors (Lipinski definition) is 5. The number of pyridine rings is 1. The molecule has 0 atom stereocenters. The molecule has 0 unspecified atom stereocenters. The number of aryl methyl sites for hydroxylation is 2. The van der Waals surface area contributed by atoms with Crippen molar-refractivity contribution in [2.45, 2.75) is 52.4 Å². The summed E-state index contributed by atoms with van der Waals surface area (Å²) < 4.78 is 19.9. The van der Waals surface area contributed by atoms with E-state index in [1.165, 1.54) is 39.7 Å². The third-order valence-electron chi connectivity index (χ3n) is 5.67. The zero-order chi connectivity index (χ0) is 21.8. The van der Waals surface area contributed by atoms with Gasteiger partial charge in [0, 0.05) is 31.7 Å². The van der Waals surface area contributed by atoms with Crippen molar-refractivity contribution in [1.82, 2.24) is 19.7 Å². The van der Waals surface area contributed by atoms with Gasteiger partial charge in [0.25, 0.3) is 5.56 Å². The number of fused-ring (bicyclic) bond motifs is 1. The first-order valence-electron chi connectivity index (χ1n) is 10.6. The van der Waals surface area contributed by atoms with Crippen molar-refractivity contribution in [3.63, 3.8) is 0 Å². The number of benzene rings is 1. The Morgan fingerprint density at radius 3 is 2.74 bits per heavy atom. The molecule has 7 heteroatoms. The second-order valence-electron chi connectivity index (χ2n) is 8.18. The molecule has 0 saturated carbocycles. The van der Waals surface area contributed by atoms with Crippen LogP contribution in [0.2, 0.25) is 0 Å². The summed E-state index contributed by atoms with van der Waals surface area (Å²) in [6.45, 7) is 7.20. The Hall–Kier alpha value is -3.06. The smallest absolute Gasteiger partial charge is 0.270 e. The van der Waals surface area contributed by atoms with Crippen molar-refractivity contribution in [2.75, 3.05) is 6.54 Å². The van der Waals surface area contributed by atoms with Crippen LogP contribution in [0.15, 0.2) is 53.6 Å². The van der Waals surface area contributed by atoms with Crippen molar-refractivity contribution in [2.24, 2.45) is 0 Å². The van der Waals surface area contributed by atoms with Gasteiger partial charge in [-0.25, -0.2) is 9.07 Å². The van der Waals surface area contributed by atoms with Crippen LogP contribution in [-0.4, -0.2) is 32.3 Å². The molecule has 1 aromatic carbocycles. The summed E-state index contributed by atoms with van der Waals surface area (Å²) in [5.41, 5.74) is 4.38. The average molecular weight is 423 g/mol. The van der Waals surface area contributed by atoms with E-state index in [4.69, 9.17) is 4.74 Å². The average Bonchev–Trinajstić information content (AvgIpc) is 2.77. The molecule has 6 nitrogen and oxygen atoms in total. The van der Waals surface area contributed by atoms with Crippen LogP contribution >= 0.6 is 0 Å². The Labute approximate surface area is 181 Å². The topological polar surface area (TPSA) is 60.3 Å². The first-order chi connectivity index (χ1) is 15.0. The normalized spacial score (nSPS) is 13.9. The molecule has 0 radical (unpaired) electrons. The van der Waals surface area contributed by atoms with Gasteiger partial charge in [0.05, 0.1) is 18.1 Å². The van der Waals surface area contributed by atoms with Crippen LogP contribution in [0.3, 0.4) is 0 Å². The van der Waals surface area contributed by atoms with E-state index >= 15 is 0 Å². The molecule has 31 heavy (non-hydrogen) atoms. The predicted octanol–water partition coefficient (Wildman–Crippen LogP) is 3.37. The Kier molecular flexibility index (Phi) is 6.42. The van der Waals surface area contributed by atoms with Crippen molar-refractivity contribution in [3.05, 3.63) is 87.3 Å². The van der Waals surface area contributed by atoms with Gasteiger partial charge >= 0.3 is 0 Å². The number of ether oxygens (including phenoxy) is 1. The highest BCUT2D eigenvalue weighted by molar-refractivity contribution is 5.34. The van der Waals surface area contributed by atoms with Crippen molar-refractivity contribution in [1.29, 1.82) is 0 Å². The van der Waals surface area contributed by atoms with Crippen molar-refractivity contribution < 1.29 is 9.13 Å². The lowest BCUT2D eigenvalue weighted by atomic mass is 9.96. The van der Waals surface area contributed by atoms with Gasteiger partial charge in [-0.15, -0.1) is 0 Å². The number of rotatable bonds is 7. The Bertz CT molecular complexity index is 1100. The van der Waals surface area contributed by atoms with E-state index in [0.717, 1.165) is 32.1 Å². The van der Waals surface area contributed by atoms with Gasteiger partial charge < -0.3 is 4.74 Å². The fourth-order valence-corrected chi connectivity index (χ4v) is 3.78. The summed E-state index contributed by atoms with van der Waals surface area (Å²) in [4.78, 5) is 18.8. The SMILES string of the molecule is CC(C)N1CCc2ccc(CCn3ncc(OCc4ccc(F)cn4)cc3=O)cc2C1. The Morgan fingerprint density at radius 2 is 2.00 bits per heavy atom. The molecule has 0 aliphatic carbocycles. The molecule has 2 aromatic heterocycles. The largest absolute Gasteiger partial charge is 0.485 e. The van der Waals surface area contributed by atoms with Gasteiger partial charge in [-0.05, 0) is 55.5 Å². The lowest BCUT2D eigenvalue weighted by Crippen LogP contribution is -2.35. The molecular weight excluding hydrogens is 395 g/mol. The number of hydrogen-bond donors (Lipinski definition) is 0. The number of nitrogens with zero attached hydrogens (tertiary/aromatic N) is 4. The maximum Gasteiger partial charge on any atom is 0.270 e. The third-order valence-corrected chi connectivity index (χ3v) is 5.67. The number of aromatic nitrogens is 3. The number of halogens is 1. The molecule has 3 heterocycles. The third kappa shape index (κ3) is 5.35. The summed E-state index contributed by atoms with van der Waals surface area (Å²) in [5.74, 6) is -0.0286. The van der Waals surface area contributed by atoms with E-state index < -0.39 is 5.82 Å². The van der Waals surface area contributed by atoms with Gasteiger partial charge in [0.15, 0.2) is 0 Å². The maximum absolute atomic E-state index is 12.9. The molecule has 1 aliphatic rings. The van der Waals surface area contributed by atoms with E-state index in [0.29, 0.717) is 24.0 Å². The van der Waals surface area contributed by atoms with Crippen molar-refractivity contribution >= 4 is 0 Å². The molecule has 0 bridgehead atoms. The summed E-state index contributed by atoms with van der Waals surface area (Å²) in [6, 6.07) is 11.5. The second-order valence-corrected chi connectivity index (χ2v) is 8.18. The van der Waals surface area contributed by atoms with E-state index in [1.807, 2.05) is 0 Å². The lowest BCUT2D eigenvalue weighted by Gasteiger charge is -2.32. The van der Waals surface area contributed by atoms with Crippen molar-refractivity contribution in [3.8, 4) is 5.75 Å². The molecule has 1 aliphatic heterocycles. The zero-order valence-electron chi connectivity index (χ0n) is 17.9. The summed E-state index contributed by atoms with van der Waals surface area (Å²) >= 11 is 0. The van der Waals surface area contributed by atoms with Gasteiger partial charge in [-0.2, -0.15) is 5.10 Å². The molecule has 162 valence electrons. The minimum atomic E-state index is -0.399. The molecule has 4 rings (SSSR count). The van der Waals surface area contributed by atoms with Crippen LogP contribution in [-0.2, 0) is 32.5 Å². The van der Waals surface area contributed by atoms with E-state index in [1.54, 1.807) is 6.07 Å². The van der Waals surface area contributed by atoms with E-state index in [9.17, 15) is 9.18 Å². The van der Waals surface area contributed by atoms with Crippen LogP contribution in [0.1, 0.15) is 36.2 Å². The molecule has 0 fully saturated rings. The Balaban J connectivity index is 1.36. The molecule has 3 aromatic rings. The van der Waals surface area contributed by atoms with Gasteiger partial charge in [-0.3, -0.25) is 14.7 Å². The zero-order valence-corrected chi connectivity index (χ0v) is 17.9. The monoisotopic (exact) mass is 422 g/mol. The summed E-state index contributed by atoms with van der Waals surface area (Å²) in [6.07, 6.45) is 4.49. The molecular formula is C24H27FN4O2. The van der Waals surface area contributed by atoms with Gasteiger partial charge in [0.2, 0.25) is 0 Å². The van der Waals surface area contributed by atoms with Crippen LogP contribution in [0.4, 0.5) is 4.39 Å². The van der Waals surface area contributed by atoms with Crippen LogP contribution in [0.25, 0.3) is 0 Å². The van der Waals surface area contributed by atoms with Crippen LogP contribution < -0.4 is 10.3 Å². The van der Waals surface area contributed by atoms with Crippen LogP contribution in [0.5, 0.6) is 5.75 Å². The summed E-state index contributed by atoms with van der Waals surface area (Å²) in [7, 11) is 0. The highest BCUT2D eigenvalue weighted by Gasteiger charge is 2.18. The quantitative estimate of drug-likeness (QED) is 0.584. The van der Waals surface area contributed by atoms with E-state index in [2.05, 4.69) is 47.0 Å². The lowest BCUT2D eigenvalue weighted by molar-refractivity contribution is 0.203. The minimum absolute atomic E-state index is 0.147. The maximum atomic E-state index is 12.9. The van der Waals surface area contributed by atoms with E-state index in [-0.39, 0.29) is 12.2 Å². The van der Waals surface area contributed by atoms with Gasteiger partial charge in [0.1, 0.15) is 18.2 Å². The molecule has 0 saturated heterocycles.